The van der Waals surface area contributed by atoms with E-state index in [4.69, 9.17) is 16.3 Å². The largest absolute Gasteiger partial charge is 0.497 e. The quantitative estimate of drug-likeness (QED) is 0.397. The number of ketones is 1. The molecule has 0 bridgehead atoms. The van der Waals surface area contributed by atoms with Gasteiger partial charge in [-0.3, -0.25) is 9.52 Å². The number of hydrogen-bond donors (Lipinski definition) is 2. The lowest BCUT2D eigenvalue weighted by Gasteiger charge is -2.12. The van der Waals surface area contributed by atoms with Gasteiger partial charge >= 0.3 is 0 Å². The number of rotatable bonds is 6. The molecule has 4 rings (SSSR count). The minimum absolute atomic E-state index is 0.0689. The Balaban J connectivity index is 1.76. The van der Waals surface area contributed by atoms with E-state index in [0.29, 0.717) is 5.65 Å². The number of nitrogens with one attached hydrogen (secondary N) is 2. The molecule has 32 heavy (non-hydrogen) atoms. The Morgan fingerprint density at radius 3 is 2.72 bits per heavy atom. The SMILES string of the molecule is COc1cccc(S(=O)(=O)Nc2ccc(F)c(C(=O)c3c[nH]c4ncc(Cl)cc34)c2F)c1. The summed E-state index contributed by atoms with van der Waals surface area (Å²) in [5.74, 6) is -3.24. The zero-order valence-corrected chi connectivity index (χ0v) is 17.9. The standard InChI is InChI=1S/C21H14ClF2N3O4S/c1-31-12-3-2-4-13(8-12)32(29,30)27-17-6-5-16(23)18(19(17)24)20(28)15-10-26-21-14(15)7-11(22)9-25-21/h2-10,27H,1H3,(H,25,26). The number of aromatic nitrogens is 2. The summed E-state index contributed by atoms with van der Waals surface area (Å²) in [4.78, 5) is 19.5. The molecule has 0 radical (unpaired) electrons. The molecule has 7 nitrogen and oxygen atoms in total. The maximum absolute atomic E-state index is 15.2. The molecule has 4 aromatic rings. The number of aromatic amines is 1. The van der Waals surface area contributed by atoms with Gasteiger partial charge in [-0.05, 0) is 30.3 Å². The number of halogens is 3. The first-order valence-electron chi connectivity index (χ1n) is 9.03. The maximum atomic E-state index is 15.2. The van der Waals surface area contributed by atoms with E-state index in [-0.39, 0.29) is 26.6 Å². The van der Waals surface area contributed by atoms with E-state index < -0.39 is 38.7 Å². The number of pyridine rings is 1. The lowest BCUT2D eigenvalue weighted by molar-refractivity contribution is 0.103. The van der Waals surface area contributed by atoms with Gasteiger partial charge in [0.1, 0.15) is 17.2 Å². The summed E-state index contributed by atoms with van der Waals surface area (Å²) in [5.41, 5.74) is -1.28. The molecule has 0 saturated heterocycles. The zero-order valence-electron chi connectivity index (χ0n) is 16.3. The molecule has 11 heteroatoms. The Hall–Kier alpha value is -3.50. The molecule has 164 valence electrons. The molecule has 0 unspecified atom stereocenters. The van der Waals surface area contributed by atoms with E-state index in [1.54, 1.807) is 0 Å². The Bertz CT molecular complexity index is 1470. The third kappa shape index (κ3) is 3.90. The highest BCUT2D eigenvalue weighted by Crippen LogP contribution is 2.29. The van der Waals surface area contributed by atoms with Crippen LogP contribution in [0, 0.1) is 11.6 Å². The highest BCUT2D eigenvalue weighted by atomic mass is 35.5. The van der Waals surface area contributed by atoms with Crippen molar-refractivity contribution in [2.75, 3.05) is 11.8 Å². The molecular formula is C21H14ClF2N3O4S. The number of nitrogens with zero attached hydrogens (tertiary/aromatic N) is 1. The predicted molar refractivity (Wildman–Crippen MR) is 115 cm³/mol. The smallest absolute Gasteiger partial charge is 0.262 e. The first-order valence-corrected chi connectivity index (χ1v) is 10.9. The fraction of sp³-hybridized carbons (Fsp3) is 0.0476. The van der Waals surface area contributed by atoms with Crippen LogP contribution in [0.15, 0.2) is 59.8 Å². The molecule has 0 spiro atoms. The number of carbonyl (C=O) groups is 1. The van der Waals surface area contributed by atoms with Gasteiger partial charge in [0.15, 0.2) is 5.82 Å². The van der Waals surface area contributed by atoms with Gasteiger partial charge in [-0.25, -0.2) is 22.2 Å². The van der Waals surface area contributed by atoms with E-state index in [1.165, 1.54) is 49.8 Å². The maximum Gasteiger partial charge on any atom is 0.262 e. The van der Waals surface area contributed by atoms with Crippen LogP contribution in [0.2, 0.25) is 5.02 Å². The summed E-state index contributed by atoms with van der Waals surface area (Å²) in [7, 11) is -2.89. The number of ether oxygens (including phenoxy) is 1. The number of H-pyrrole nitrogens is 1. The van der Waals surface area contributed by atoms with Crippen molar-refractivity contribution in [1.82, 2.24) is 9.97 Å². The summed E-state index contributed by atoms with van der Waals surface area (Å²) in [6.45, 7) is 0. The predicted octanol–water partition coefficient (Wildman–Crippen LogP) is 4.53. The van der Waals surface area contributed by atoms with Crippen LogP contribution >= 0.6 is 11.6 Å². The third-order valence-electron chi connectivity index (χ3n) is 4.66. The van der Waals surface area contributed by atoms with Crippen molar-refractivity contribution in [2.45, 2.75) is 4.90 Å². The van der Waals surface area contributed by atoms with Gasteiger partial charge in [-0.1, -0.05) is 17.7 Å². The third-order valence-corrected chi connectivity index (χ3v) is 6.23. The van der Waals surface area contributed by atoms with E-state index in [2.05, 4.69) is 9.97 Å². The zero-order chi connectivity index (χ0) is 23.0. The van der Waals surface area contributed by atoms with Crippen LogP contribution in [0.4, 0.5) is 14.5 Å². The van der Waals surface area contributed by atoms with Crippen LogP contribution < -0.4 is 9.46 Å². The number of hydrogen-bond acceptors (Lipinski definition) is 5. The molecule has 0 atom stereocenters. The highest BCUT2D eigenvalue weighted by Gasteiger charge is 2.26. The van der Waals surface area contributed by atoms with E-state index in [0.717, 1.165) is 12.1 Å². The topological polar surface area (TPSA) is 101 Å². The van der Waals surface area contributed by atoms with Crippen LogP contribution in [0.25, 0.3) is 11.0 Å². The molecule has 0 amide bonds. The molecule has 0 aliphatic rings. The van der Waals surface area contributed by atoms with E-state index in [1.807, 2.05) is 4.72 Å². The minimum atomic E-state index is -4.26. The van der Waals surface area contributed by atoms with Crippen LogP contribution in [-0.2, 0) is 10.0 Å². The summed E-state index contributed by atoms with van der Waals surface area (Å²) in [5, 5.41) is 0.496. The summed E-state index contributed by atoms with van der Waals surface area (Å²) in [6.07, 6.45) is 2.60. The lowest BCUT2D eigenvalue weighted by Crippen LogP contribution is -2.16. The van der Waals surface area contributed by atoms with E-state index in [9.17, 15) is 17.6 Å². The molecule has 0 aliphatic carbocycles. The van der Waals surface area contributed by atoms with Gasteiger partial charge in [0.25, 0.3) is 10.0 Å². The first-order chi connectivity index (χ1) is 15.2. The Labute approximate surface area is 186 Å². The highest BCUT2D eigenvalue weighted by molar-refractivity contribution is 7.92. The molecule has 2 heterocycles. The summed E-state index contributed by atoms with van der Waals surface area (Å²) in [6, 6.07) is 8.63. The number of sulfonamides is 1. The molecule has 2 aromatic heterocycles. The second kappa shape index (κ2) is 8.21. The van der Waals surface area contributed by atoms with Crippen LogP contribution in [0.5, 0.6) is 5.75 Å². The van der Waals surface area contributed by atoms with Gasteiger partial charge in [0, 0.05) is 29.4 Å². The second-order valence-corrected chi connectivity index (χ2v) is 8.77. The first kappa shape index (κ1) is 21.7. The van der Waals surface area contributed by atoms with Crippen LogP contribution in [0.1, 0.15) is 15.9 Å². The van der Waals surface area contributed by atoms with Crippen molar-refractivity contribution in [3.05, 3.63) is 82.6 Å². The lowest BCUT2D eigenvalue weighted by atomic mass is 10.0. The van der Waals surface area contributed by atoms with Gasteiger partial charge < -0.3 is 9.72 Å². The average molecular weight is 478 g/mol. The monoisotopic (exact) mass is 477 g/mol. The number of carbonyl (C=O) groups excluding carboxylic acids is 1. The number of benzene rings is 2. The van der Waals surface area contributed by atoms with Crippen LogP contribution in [-0.4, -0.2) is 31.3 Å². The second-order valence-electron chi connectivity index (χ2n) is 6.65. The van der Waals surface area contributed by atoms with Crippen molar-refractivity contribution < 1.29 is 26.7 Å². The fourth-order valence-electron chi connectivity index (χ4n) is 3.11. The van der Waals surface area contributed by atoms with Crippen molar-refractivity contribution >= 4 is 44.1 Å². The molecule has 0 aliphatic heterocycles. The molecule has 2 aromatic carbocycles. The molecule has 0 fully saturated rings. The van der Waals surface area contributed by atoms with Crippen molar-refractivity contribution in [1.29, 1.82) is 0 Å². The fourth-order valence-corrected chi connectivity index (χ4v) is 4.36. The Morgan fingerprint density at radius 1 is 1.19 bits per heavy atom. The molecular weight excluding hydrogens is 464 g/mol. The summed E-state index contributed by atoms with van der Waals surface area (Å²) >= 11 is 5.92. The number of fused-ring (bicyclic) bond motifs is 1. The summed E-state index contributed by atoms with van der Waals surface area (Å²) < 4.78 is 62.1. The molecule has 0 saturated carbocycles. The van der Waals surface area contributed by atoms with Crippen LogP contribution in [0.3, 0.4) is 0 Å². The minimum Gasteiger partial charge on any atom is -0.497 e. The van der Waals surface area contributed by atoms with Crippen molar-refractivity contribution in [2.24, 2.45) is 0 Å². The Kier molecular flexibility index (Phi) is 5.57. The average Bonchev–Trinajstić information content (AvgIpc) is 3.18. The Morgan fingerprint density at radius 2 is 1.97 bits per heavy atom. The van der Waals surface area contributed by atoms with Crippen molar-refractivity contribution in [3.63, 3.8) is 0 Å². The van der Waals surface area contributed by atoms with Gasteiger partial charge in [-0.2, -0.15) is 0 Å². The van der Waals surface area contributed by atoms with Gasteiger partial charge in [-0.15, -0.1) is 0 Å². The number of methoxy groups -OCH3 is 1. The number of anilines is 1. The van der Waals surface area contributed by atoms with E-state index >= 15 is 4.39 Å². The van der Waals surface area contributed by atoms with Gasteiger partial charge in [0.05, 0.1) is 28.3 Å². The normalized spacial score (nSPS) is 11.5. The molecule has 2 N–H and O–H groups in total. The van der Waals surface area contributed by atoms with Gasteiger partial charge in [0.2, 0.25) is 5.78 Å². The van der Waals surface area contributed by atoms with Crippen molar-refractivity contribution in [3.8, 4) is 5.75 Å².